The van der Waals surface area contributed by atoms with Gasteiger partial charge in [-0.3, -0.25) is 0 Å². The van der Waals surface area contributed by atoms with Crippen LogP contribution in [0.15, 0.2) is 28.7 Å². The van der Waals surface area contributed by atoms with Gasteiger partial charge in [0.25, 0.3) is 5.89 Å². The van der Waals surface area contributed by atoms with Gasteiger partial charge in [-0.05, 0) is 12.1 Å². The van der Waals surface area contributed by atoms with Crippen LogP contribution < -0.4 is 0 Å². The van der Waals surface area contributed by atoms with Crippen LogP contribution in [-0.2, 0) is 11.3 Å². The van der Waals surface area contributed by atoms with Gasteiger partial charge in [-0.15, -0.1) is 10.2 Å². The van der Waals surface area contributed by atoms with Crippen LogP contribution in [0, 0.1) is 5.82 Å². The van der Waals surface area contributed by atoms with E-state index in [1.54, 1.807) is 18.2 Å². The van der Waals surface area contributed by atoms with Gasteiger partial charge in [-0.25, -0.2) is 4.39 Å². The minimum Gasteiger partial charge on any atom is -0.418 e. The number of ether oxygens (including phenoxy) is 1. The maximum absolute atomic E-state index is 13.3. The normalized spacial score (nSPS) is 10.5. The summed E-state index contributed by atoms with van der Waals surface area (Å²) >= 11 is 0. The summed E-state index contributed by atoms with van der Waals surface area (Å²) in [5, 5.41) is 7.44. The second kappa shape index (κ2) is 4.18. The summed E-state index contributed by atoms with van der Waals surface area (Å²) < 4.78 is 23.3. The van der Waals surface area contributed by atoms with Crippen molar-refractivity contribution in [3.05, 3.63) is 36.0 Å². The van der Waals surface area contributed by atoms with Crippen molar-refractivity contribution in [2.45, 2.75) is 6.61 Å². The zero-order valence-electron chi connectivity index (χ0n) is 8.11. The summed E-state index contributed by atoms with van der Waals surface area (Å²) in [7, 11) is 1.52. The van der Waals surface area contributed by atoms with E-state index in [0.717, 1.165) is 0 Å². The van der Waals surface area contributed by atoms with Crippen molar-refractivity contribution in [3.8, 4) is 11.5 Å². The fraction of sp³-hybridized carbons (Fsp3) is 0.200. The summed E-state index contributed by atoms with van der Waals surface area (Å²) in [5.41, 5.74) is 0.298. The monoisotopic (exact) mass is 208 g/mol. The molecule has 1 aromatic heterocycles. The van der Waals surface area contributed by atoms with Crippen molar-refractivity contribution in [3.63, 3.8) is 0 Å². The molecule has 2 rings (SSSR count). The molecule has 0 amide bonds. The highest BCUT2D eigenvalue weighted by Gasteiger charge is 2.11. The zero-order chi connectivity index (χ0) is 10.7. The van der Waals surface area contributed by atoms with E-state index >= 15 is 0 Å². The van der Waals surface area contributed by atoms with Gasteiger partial charge in [0, 0.05) is 7.11 Å². The van der Waals surface area contributed by atoms with Crippen molar-refractivity contribution >= 4 is 0 Å². The predicted octanol–water partition coefficient (Wildman–Crippen LogP) is 2.02. The van der Waals surface area contributed by atoms with Crippen molar-refractivity contribution in [2.24, 2.45) is 0 Å². The first kappa shape index (κ1) is 9.79. The smallest absolute Gasteiger partial charge is 0.250 e. The Bertz CT molecular complexity index is 456. The fourth-order valence-electron chi connectivity index (χ4n) is 1.18. The van der Waals surface area contributed by atoms with E-state index in [1.165, 1.54) is 13.2 Å². The van der Waals surface area contributed by atoms with Crippen LogP contribution in [0.25, 0.3) is 11.5 Å². The predicted molar refractivity (Wildman–Crippen MR) is 50.4 cm³/mol. The van der Waals surface area contributed by atoms with Crippen LogP contribution in [0.4, 0.5) is 4.39 Å². The molecule has 0 radical (unpaired) electrons. The number of hydrogen-bond acceptors (Lipinski definition) is 4. The Morgan fingerprint density at radius 3 is 2.87 bits per heavy atom. The summed E-state index contributed by atoms with van der Waals surface area (Å²) in [6.07, 6.45) is 0. The molecule has 0 aliphatic carbocycles. The zero-order valence-corrected chi connectivity index (χ0v) is 8.11. The fourth-order valence-corrected chi connectivity index (χ4v) is 1.18. The van der Waals surface area contributed by atoms with Crippen LogP contribution in [0.5, 0.6) is 0 Å². The third-order valence-electron chi connectivity index (χ3n) is 1.84. The maximum Gasteiger partial charge on any atom is 0.250 e. The second-order valence-electron chi connectivity index (χ2n) is 2.91. The molecule has 0 saturated heterocycles. The van der Waals surface area contributed by atoms with Crippen LogP contribution in [0.1, 0.15) is 5.89 Å². The molecule has 0 saturated carbocycles. The molecule has 1 aromatic carbocycles. The highest BCUT2D eigenvalue weighted by molar-refractivity contribution is 5.52. The van der Waals surface area contributed by atoms with Gasteiger partial charge in [-0.1, -0.05) is 12.1 Å². The number of rotatable bonds is 3. The van der Waals surface area contributed by atoms with Gasteiger partial charge in [0.1, 0.15) is 12.4 Å². The van der Waals surface area contributed by atoms with Gasteiger partial charge in [0.15, 0.2) is 0 Å². The van der Waals surface area contributed by atoms with Crippen molar-refractivity contribution in [1.29, 1.82) is 0 Å². The SMILES string of the molecule is COCc1nnc(-c2ccccc2F)o1. The number of hydrogen-bond donors (Lipinski definition) is 0. The first-order chi connectivity index (χ1) is 7.31. The van der Waals surface area contributed by atoms with Gasteiger partial charge in [-0.2, -0.15) is 0 Å². The Hall–Kier alpha value is -1.75. The van der Waals surface area contributed by atoms with E-state index in [2.05, 4.69) is 10.2 Å². The highest BCUT2D eigenvalue weighted by Crippen LogP contribution is 2.20. The van der Waals surface area contributed by atoms with Crippen LogP contribution >= 0.6 is 0 Å². The van der Waals surface area contributed by atoms with E-state index in [0.29, 0.717) is 11.5 Å². The Morgan fingerprint density at radius 2 is 2.13 bits per heavy atom. The molecule has 1 heterocycles. The largest absolute Gasteiger partial charge is 0.418 e. The van der Waals surface area contributed by atoms with Gasteiger partial charge in [0.05, 0.1) is 5.56 Å². The lowest BCUT2D eigenvalue weighted by molar-refractivity contribution is 0.160. The molecule has 0 unspecified atom stereocenters. The average molecular weight is 208 g/mol. The van der Waals surface area contributed by atoms with Crippen LogP contribution in [0.2, 0.25) is 0 Å². The van der Waals surface area contributed by atoms with E-state index in [-0.39, 0.29) is 18.3 Å². The van der Waals surface area contributed by atoms with Crippen LogP contribution in [0.3, 0.4) is 0 Å². The number of benzene rings is 1. The number of nitrogens with zero attached hydrogens (tertiary/aromatic N) is 2. The molecule has 5 heteroatoms. The topological polar surface area (TPSA) is 48.2 Å². The summed E-state index contributed by atoms with van der Waals surface area (Å²) in [5.74, 6) is 0.112. The lowest BCUT2D eigenvalue weighted by Crippen LogP contribution is -1.85. The molecule has 0 atom stereocenters. The number of aromatic nitrogens is 2. The molecular weight excluding hydrogens is 199 g/mol. The van der Waals surface area contributed by atoms with E-state index in [9.17, 15) is 4.39 Å². The lowest BCUT2D eigenvalue weighted by atomic mass is 10.2. The molecule has 0 bridgehead atoms. The number of halogens is 1. The van der Waals surface area contributed by atoms with Crippen LogP contribution in [-0.4, -0.2) is 17.3 Å². The van der Waals surface area contributed by atoms with Gasteiger partial charge in [0.2, 0.25) is 5.89 Å². The van der Waals surface area contributed by atoms with E-state index in [1.807, 2.05) is 0 Å². The molecule has 0 fully saturated rings. The average Bonchev–Trinajstić information content (AvgIpc) is 2.68. The second-order valence-corrected chi connectivity index (χ2v) is 2.91. The first-order valence-electron chi connectivity index (χ1n) is 4.37. The van der Waals surface area contributed by atoms with Crippen molar-refractivity contribution in [2.75, 3.05) is 7.11 Å². The summed E-state index contributed by atoms with van der Waals surface area (Å²) in [6.45, 7) is 0.224. The van der Waals surface area contributed by atoms with E-state index in [4.69, 9.17) is 9.15 Å². The third kappa shape index (κ3) is 2.02. The van der Waals surface area contributed by atoms with E-state index < -0.39 is 0 Å². The third-order valence-corrected chi connectivity index (χ3v) is 1.84. The molecule has 0 spiro atoms. The highest BCUT2D eigenvalue weighted by atomic mass is 19.1. The molecular formula is C10H9FN2O2. The number of methoxy groups -OCH3 is 1. The Balaban J connectivity index is 2.33. The van der Waals surface area contributed by atoms with Gasteiger partial charge < -0.3 is 9.15 Å². The molecule has 78 valence electrons. The Labute approximate surface area is 85.7 Å². The summed E-state index contributed by atoms with van der Waals surface area (Å²) in [4.78, 5) is 0. The molecule has 15 heavy (non-hydrogen) atoms. The quantitative estimate of drug-likeness (QED) is 0.774. The molecule has 4 nitrogen and oxygen atoms in total. The Morgan fingerprint density at radius 1 is 1.33 bits per heavy atom. The molecule has 2 aromatic rings. The molecule has 0 aliphatic rings. The molecule has 0 aliphatic heterocycles. The first-order valence-corrected chi connectivity index (χ1v) is 4.37. The lowest BCUT2D eigenvalue weighted by Gasteiger charge is -1.95. The minimum absolute atomic E-state index is 0.167. The van der Waals surface area contributed by atoms with Gasteiger partial charge >= 0.3 is 0 Å². The standard InChI is InChI=1S/C10H9FN2O2/c1-14-6-9-12-13-10(15-9)7-4-2-3-5-8(7)11/h2-5H,6H2,1H3. The molecule has 0 N–H and O–H groups in total. The van der Waals surface area contributed by atoms with Crippen molar-refractivity contribution < 1.29 is 13.5 Å². The maximum atomic E-state index is 13.3. The minimum atomic E-state index is -0.384. The van der Waals surface area contributed by atoms with Crippen molar-refractivity contribution in [1.82, 2.24) is 10.2 Å². The Kier molecular flexibility index (Phi) is 2.73. The summed E-state index contributed by atoms with van der Waals surface area (Å²) in [6, 6.07) is 6.23.